The Labute approximate surface area is 164 Å². The maximum atomic E-state index is 12.7. The van der Waals surface area contributed by atoms with E-state index >= 15 is 0 Å². The number of rotatable bonds is 5. The highest BCUT2D eigenvalue weighted by atomic mass is 16.2. The number of carbonyl (C=O) groups is 2. The zero-order valence-corrected chi connectivity index (χ0v) is 15.7. The summed E-state index contributed by atoms with van der Waals surface area (Å²) in [6.07, 6.45) is 2.32. The lowest BCUT2D eigenvalue weighted by Gasteiger charge is -2.34. The van der Waals surface area contributed by atoms with E-state index in [0.29, 0.717) is 39.1 Å². The Hall–Kier alpha value is -3.12. The zero-order valence-electron chi connectivity index (χ0n) is 15.7. The van der Waals surface area contributed by atoms with Gasteiger partial charge in [0.25, 0.3) is 0 Å². The van der Waals surface area contributed by atoms with E-state index in [1.54, 1.807) is 0 Å². The number of aromatic nitrogens is 1. The zero-order chi connectivity index (χ0) is 19.3. The molecule has 6 heteroatoms. The first kappa shape index (κ1) is 18.3. The van der Waals surface area contributed by atoms with Gasteiger partial charge in [0.1, 0.15) is 0 Å². The van der Waals surface area contributed by atoms with Crippen LogP contribution in [0.1, 0.15) is 5.56 Å². The average molecular weight is 376 g/mol. The maximum absolute atomic E-state index is 12.7. The molecule has 1 aromatic heterocycles. The van der Waals surface area contributed by atoms with Gasteiger partial charge in [-0.3, -0.25) is 14.5 Å². The van der Waals surface area contributed by atoms with E-state index in [4.69, 9.17) is 0 Å². The van der Waals surface area contributed by atoms with Gasteiger partial charge in [0, 0.05) is 49.0 Å². The summed E-state index contributed by atoms with van der Waals surface area (Å²) in [6, 6.07) is 17.5. The van der Waals surface area contributed by atoms with Crippen LogP contribution >= 0.6 is 0 Å². The lowest BCUT2D eigenvalue weighted by Crippen LogP contribution is -2.50. The van der Waals surface area contributed by atoms with Gasteiger partial charge in [0.05, 0.1) is 13.0 Å². The molecular weight excluding hydrogens is 352 g/mol. The largest absolute Gasteiger partial charge is 0.361 e. The standard InChI is InChI=1S/C22H24N4O2/c27-21(24-18-6-2-1-3-7-18)16-25-10-12-26(13-11-25)22(28)14-17-15-23-20-9-5-4-8-19(17)20/h1-9,15,23H,10-14,16H2,(H,24,27). The third-order valence-electron chi connectivity index (χ3n) is 5.17. The van der Waals surface area contributed by atoms with Crippen molar-refractivity contribution >= 4 is 28.4 Å². The van der Waals surface area contributed by atoms with Crippen LogP contribution in [0.5, 0.6) is 0 Å². The summed E-state index contributed by atoms with van der Waals surface area (Å²) < 4.78 is 0. The van der Waals surface area contributed by atoms with Gasteiger partial charge in [-0.1, -0.05) is 36.4 Å². The average Bonchev–Trinajstić information content (AvgIpc) is 3.12. The van der Waals surface area contributed by atoms with Crippen LogP contribution in [0.2, 0.25) is 0 Å². The molecule has 1 saturated heterocycles. The number of aromatic amines is 1. The highest BCUT2D eigenvalue weighted by molar-refractivity contribution is 5.92. The van der Waals surface area contributed by atoms with Crippen molar-refractivity contribution in [3.63, 3.8) is 0 Å². The fourth-order valence-corrected chi connectivity index (χ4v) is 3.63. The second-order valence-electron chi connectivity index (χ2n) is 7.11. The maximum Gasteiger partial charge on any atom is 0.238 e. The fourth-order valence-electron chi connectivity index (χ4n) is 3.63. The smallest absolute Gasteiger partial charge is 0.238 e. The van der Waals surface area contributed by atoms with Gasteiger partial charge in [-0.2, -0.15) is 0 Å². The Kier molecular flexibility index (Phi) is 5.39. The molecule has 0 atom stereocenters. The third-order valence-corrected chi connectivity index (χ3v) is 5.17. The number of anilines is 1. The minimum absolute atomic E-state index is 0.0234. The number of hydrogen-bond acceptors (Lipinski definition) is 3. The number of hydrogen-bond donors (Lipinski definition) is 2. The predicted octanol–water partition coefficient (Wildman–Crippen LogP) is 2.49. The van der Waals surface area contributed by atoms with E-state index in [1.807, 2.05) is 65.7 Å². The molecule has 0 radical (unpaired) electrons. The van der Waals surface area contributed by atoms with Crippen LogP contribution in [-0.4, -0.2) is 59.3 Å². The van der Waals surface area contributed by atoms with Gasteiger partial charge < -0.3 is 15.2 Å². The summed E-state index contributed by atoms with van der Waals surface area (Å²) in [5.41, 5.74) is 2.89. The second-order valence-corrected chi connectivity index (χ2v) is 7.11. The van der Waals surface area contributed by atoms with Crippen LogP contribution in [0, 0.1) is 0 Å². The number of piperazine rings is 1. The molecule has 1 aliphatic rings. The molecule has 3 aromatic rings. The summed E-state index contributed by atoms with van der Waals surface area (Å²) in [5.74, 6) is 0.114. The van der Waals surface area contributed by atoms with Gasteiger partial charge >= 0.3 is 0 Å². The van der Waals surface area contributed by atoms with Crippen molar-refractivity contribution in [1.82, 2.24) is 14.8 Å². The van der Waals surface area contributed by atoms with E-state index in [0.717, 1.165) is 22.2 Å². The van der Waals surface area contributed by atoms with Gasteiger partial charge in [-0.25, -0.2) is 0 Å². The monoisotopic (exact) mass is 376 g/mol. The minimum Gasteiger partial charge on any atom is -0.361 e. The SMILES string of the molecule is O=C(CN1CCN(C(=O)Cc2c[nH]c3ccccc23)CC1)Nc1ccccc1. The molecule has 4 rings (SSSR count). The number of fused-ring (bicyclic) bond motifs is 1. The number of carbonyl (C=O) groups excluding carboxylic acids is 2. The topological polar surface area (TPSA) is 68.4 Å². The molecule has 2 heterocycles. The molecule has 1 fully saturated rings. The molecule has 0 saturated carbocycles. The van der Waals surface area contributed by atoms with E-state index in [9.17, 15) is 9.59 Å². The van der Waals surface area contributed by atoms with Gasteiger partial charge in [0.2, 0.25) is 11.8 Å². The van der Waals surface area contributed by atoms with Crippen LogP contribution in [0.15, 0.2) is 60.8 Å². The number of para-hydroxylation sites is 2. The number of benzene rings is 2. The third kappa shape index (κ3) is 4.23. The molecule has 144 valence electrons. The first-order chi connectivity index (χ1) is 13.7. The van der Waals surface area contributed by atoms with Crippen molar-refractivity contribution in [2.45, 2.75) is 6.42 Å². The molecule has 2 N–H and O–H groups in total. The molecule has 28 heavy (non-hydrogen) atoms. The Bertz CT molecular complexity index is 959. The van der Waals surface area contributed by atoms with Crippen molar-refractivity contribution in [2.24, 2.45) is 0 Å². The first-order valence-corrected chi connectivity index (χ1v) is 9.59. The van der Waals surface area contributed by atoms with E-state index in [-0.39, 0.29) is 11.8 Å². The van der Waals surface area contributed by atoms with Crippen LogP contribution < -0.4 is 5.32 Å². The number of nitrogens with one attached hydrogen (secondary N) is 2. The van der Waals surface area contributed by atoms with Gasteiger partial charge in [0.15, 0.2) is 0 Å². The number of amides is 2. The Morgan fingerprint density at radius 3 is 2.43 bits per heavy atom. The molecule has 2 amide bonds. The fraction of sp³-hybridized carbons (Fsp3) is 0.273. The summed E-state index contributed by atoms with van der Waals surface area (Å²) in [4.78, 5) is 32.1. The molecule has 6 nitrogen and oxygen atoms in total. The summed E-state index contributed by atoms with van der Waals surface area (Å²) in [5, 5.41) is 4.01. The molecule has 0 bridgehead atoms. The van der Waals surface area contributed by atoms with Crippen molar-refractivity contribution in [1.29, 1.82) is 0 Å². The van der Waals surface area contributed by atoms with Crippen LogP contribution in [0.4, 0.5) is 5.69 Å². The molecule has 0 unspecified atom stereocenters. The molecule has 0 spiro atoms. The van der Waals surface area contributed by atoms with Crippen LogP contribution in [-0.2, 0) is 16.0 Å². The van der Waals surface area contributed by atoms with Crippen molar-refractivity contribution in [2.75, 3.05) is 38.0 Å². The summed E-state index contributed by atoms with van der Waals surface area (Å²) >= 11 is 0. The quantitative estimate of drug-likeness (QED) is 0.719. The van der Waals surface area contributed by atoms with Crippen LogP contribution in [0.3, 0.4) is 0 Å². The van der Waals surface area contributed by atoms with E-state index in [2.05, 4.69) is 15.2 Å². The second kappa shape index (κ2) is 8.27. The number of H-pyrrole nitrogens is 1. The van der Waals surface area contributed by atoms with Gasteiger partial charge in [-0.05, 0) is 23.8 Å². The molecule has 0 aliphatic carbocycles. The Morgan fingerprint density at radius 2 is 1.64 bits per heavy atom. The summed E-state index contributed by atoms with van der Waals surface area (Å²) in [7, 11) is 0. The van der Waals surface area contributed by atoms with Crippen LogP contribution in [0.25, 0.3) is 10.9 Å². The summed E-state index contributed by atoms with van der Waals surface area (Å²) in [6.45, 7) is 3.07. The normalized spacial score (nSPS) is 14.9. The van der Waals surface area contributed by atoms with Gasteiger partial charge in [-0.15, -0.1) is 0 Å². The lowest BCUT2D eigenvalue weighted by atomic mass is 10.1. The van der Waals surface area contributed by atoms with Crippen molar-refractivity contribution in [3.05, 3.63) is 66.4 Å². The Balaban J connectivity index is 1.26. The van der Waals surface area contributed by atoms with E-state index in [1.165, 1.54) is 0 Å². The minimum atomic E-state index is -0.0234. The lowest BCUT2D eigenvalue weighted by molar-refractivity contribution is -0.132. The molecule has 1 aliphatic heterocycles. The van der Waals surface area contributed by atoms with Crippen molar-refractivity contribution < 1.29 is 9.59 Å². The first-order valence-electron chi connectivity index (χ1n) is 9.59. The number of nitrogens with zero attached hydrogens (tertiary/aromatic N) is 2. The molecular formula is C22H24N4O2. The highest BCUT2D eigenvalue weighted by Crippen LogP contribution is 2.19. The Morgan fingerprint density at radius 1 is 0.929 bits per heavy atom. The molecule has 2 aromatic carbocycles. The predicted molar refractivity (Wildman–Crippen MR) is 110 cm³/mol. The van der Waals surface area contributed by atoms with E-state index < -0.39 is 0 Å². The highest BCUT2D eigenvalue weighted by Gasteiger charge is 2.23. The van der Waals surface area contributed by atoms with Crippen molar-refractivity contribution in [3.8, 4) is 0 Å².